The Hall–Kier alpha value is -2.56. The van der Waals surface area contributed by atoms with Crippen molar-refractivity contribution >= 4 is 25.7 Å². The van der Waals surface area contributed by atoms with E-state index >= 15 is 0 Å². The first kappa shape index (κ1) is 50.4. The van der Waals surface area contributed by atoms with Crippen LogP contribution in [-0.4, -0.2) is 59.9 Å². The number of allylic oxidation sites excluding steroid dienone is 8. The summed E-state index contributed by atoms with van der Waals surface area (Å²) in [6, 6.07) is -1.53. The highest BCUT2D eigenvalue weighted by Crippen LogP contribution is 2.43. The Morgan fingerprint density at radius 3 is 1.60 bits per heavy atom. The van der Waals surface area contributed by atoms with E-state index in [0.29, 0.717) is 12.8 Å². The summed E-state index contributed by atoms with van der Waals surface area (Å²) in [5.41, 5.74) is 5.32. The summed E-state index contributed by atoms with van der Waals surface area (Å²) in [5.74, 6) is -2.42. The van der Waals surface area contributed by atoms with Crippen LogP contribution in [0.1, 0.15) is 162 Å². The molecule has 306 valence electrons. The average molecular weight is 770 g/mol. The highest BCUT2D eigenvalue weighted by Gasteiger charge is 2.28. The molecule has 0 aliphatic heterocycles. The topological polar surface area (TPSA) is 172 Å². The molecule has 3 atom stereocenters. The van der Waals surface area contributed by atoms with E-state index < -0.39 is 51.1 Å². The average Bonchev–Trinajstić information content (AvgIpc) is 3.13. The molecule has 0 saturated heterocycles. The van der Waals surface area contributed by atoms with Gasteiger partial charge in [0.1, 0.15) is 12.6 Å². The van der Waals surface area contributed by atoms with Crippen LogP contribution in [0.3, 0.4) is 0 Å². The second kappa shape index (κ2) is 36.4. The normalized spacial score (nSPS) is 14.3. The molecule has 53 heavy (non-hydrogen) atoms. The molecule has 0 bridgehead atoms. The smallest absolute Gasteiger partial charge is 0.472 e. The zero-order valence-electron chi connectivity index (χ0n) is 32.8. The number of carbonyl (C=O) groups excluding carboxylic acids is 2. The van der Waals surface area contributed by atoms with Gasteiger partial charge in [0.2, 0.25) is 0 Å². The maximum Gasteiger partial charge on any atom is 0.472 e. The molecule has 0 spiro atoms. The van der Waals surface area contributed by atoms with Crippen molar-refractivity contribution in [3.8, 4) is 0 Å². The molecular formula is C41H72NO10P. The molecular weight excluding hydrogens is 697 g/mol. The fourth-order valence-electron chi connectivity index (χ4n) is 5.13. The van der Waals surface area contributed by atoms with Crippen LogP contribution in [0.15, 0.2) is 48.6 Å². The first-order chi connectivity index (χ1) is 25.6. The Morgan fingerprint density at radius 1 is 0.604 bits per heavy atom. The third-order valence-corrected chi connectivity index (χ3v) is 9.26. The lowest BCUT2D eigenvalue weighted by molar-refractivity contribution is -0.161. The number of ether oxygens (including phenoxy) is 2. The summed E-state index contributed by atoms with van der Waals surface area (Å²) in [6.07, 6.45) is 38.9. The van der Waals surface area contributed by atoms with E-state index in [0.717, 1.165) is 89.9 Å². The number of unbranched alkanes of at least 4 members (excludes halogenated alkanes) is 15. The van der Waals surface area contributed by atoms with Gasteiger partial charge in [-0.3, -0.25) is 23.4 Å². The molecule has 11 nitrogen and oxygen atoms in total. The molecule has 4 N–H and O–H groups in total. The lowest BCUT2D eigenvalue weighted by Crippen LogP contribution is -2.34. The summed E-state index contributed by atoms with van der Waals surface area (Å²) in [6.45, 7) is 2.64. The van der Waals surface area contributed by atoms with Gasteiger partial charge in [-0.15, -0.1) is 0 Å². The molecule has 0 aromatic rings. The standard InChI is InChI=1S/C41H72NO10P/c1-3-5-7-9-11-13-15-17-19-21-22-24-26-28-30-32-39(43)49-34-37(35-50-53(47,48)51-36-38(42)41(45)46)52-40(44)33-31-29-27-25-23-20-18-16-14-12-10-8-6-4-2/h5,7,11,13,16-19,37-38H,3-4,6,8-10,12,14-15,20-36,42H2,1-2H3,(H,45,46)(H,47,48)/b7-5+,13-11+,18-16+,19-17+/t37-,38+/m1/s1. The van der Waals surface area contributed by atoms with Gasteiger partial charge in [0.25, 0.3) is 0 Å². The van der Waals surface area contributed by atoms with Crippen molar-refractivity contribution in [2.24, 2.45) is 5.73 Å². The largest absolute Gasteiger partial charge is 0.480 e. The first-order valence-electron chi connectivity index (χ1n) is 20.2. The van der Waals surface area contributed by atoms with Crippen LogP contribution in [0.4, 0.5) is 0 Å². The fraction of sp³-hybridized carbons (Fsp3) is 0.732. The van der Waals surface area contributed by atoms with Crippen molar-refractivity contribution in [2.45, 2.75) is 174 Å². The van der Waals surface area contributed by atoms with E-state index in [4.69, 9.17) is 24.8 Å². The molecule has 0 aliphatic rings. The second-order valence-electron chi connectivity index (χ2n) is 13.4. The SMILES string of the molecule is CC/C=C/C/C=C/C/C=C/CCCCCCCC(=O)OC[C@H](COP(=O)(O)OC[C@H](N)C(=O)O)OC(=O)CCCCCCC/C=C/CCCCCCC. The number of hydrogen-bond acceptors (Lipinski definition) is 9. The van der Waals surface area contributed by atoms with Crippen LogP contribution in [0, 0.1) is 0 Å². The molecule has 0 aromatic heterocycles. The lowest BCUT2D eigenvalue weighted by Gasteiger charge is -2.20. The van der Waals surface area contributed by atoms with Gasteiger partial charge >= 0.3 is 25.7 Å². The van der Waals surface area contributed by atoms with Crippen molar-refractivity contribution < 1.29 is 47.5 Å². The van der Waals surface area contributed by atoms with Gasteiger partial charge in [0.15, 0.2) is 6.10 Å². The Morgan fingerprint density at radius 2 is 1.06 bits per heavy atom. The van der Waals surface area contributed by atoms with Gasteiger partial charge in [-0.25, -0.2) is 4.57 Å². The molecule has 0 aliphatic carbocycles. The van der Waals surface area contributed by atoms with Crippen LogP contribution >= 0.6 is 7.82 Å². The maximum absolute atomic E-state index is 12.6. The zero-order chi connectivity index (χ0) is 39.3. The van der Waals surface area contributed by atoms with E-state index in [1.165, 1.54) is 32.1 Å². The minimum absolute atomic E-state index is 0.146. The molecule has 0 saturated carbocycles. The quantitative estimate of drug-likeness (QED) is 0.0238. The second-order valence-corrected chi connectivity index (χ2v) is 14.8. The Kier molecular flexibility index (Phi) is 34.7. The Labute approximate surface area is 320 Å². The number of esters is 2. The molecule has 0 rings (SSSR count). The fourth-order valence-corrected chi connectivity index (χ4v) is 5.91. The zero-order valence-corrected chi connectivity index (χ0v) is 33.7. The first-order valence-corrected chi connectivity index (χ1v) is 21.7. The Balaban J connectivity index is 4.45. The number of carboxylic acid groups (broad SMARTS) is 1. The minimum atomic E-state index is -4.72. The van der Waals surface area contributed by atoms with Crippen molar-refractivity contribution in [2.75, 3.05) is 19.8 Å². The Bertz CT molecular complexity index is 1090. The number of aliphatic carboxylic acids is 1. The molecule has 12 heteroatoms. The monoisotopic (exact) mass is 769 g/mol. The van der Waals surface area contributed by atoms with Crippen LogP contribution in [0.5, 0.6) is 0 Å². The van der Waals surface area contributed by atoms with E-state index in [1.807, 2.05) is 0 Å². The van der Waals surface area contributed by atoms with Crippen LogP contribution < -0.4 is 5.73 Å². The van der Waals surface area contributed by atoms with E-state index in [2.05, 4.69) is 67.0 Å². The highest BCUT2D eigenvalue weighted by molar-refractivity contribution is 7.47. The summed E-state index contributed by atoms with van der Waals surface area (Å²) < 4.78 is 32.6. The van der Waals surface area contributed by atoms with Gasteiger partial charge in [0.05, 0.1) is 13.2 Å². The third-order valence-electron chi connectivity index (χ3n) is 8.31. The van der Waals surface area contributed by atoms with Gasteiger partial charge in [-0.1, -0.05) is 127 Å². The summed E-state index contributed by atoms with van der Waals surface area (Å²) in [5, 5.41) is 8.87. The van der Waals surface area contributed by atoms with E-state index in [-0.39, 0.29) is 19.4 Å². The van der Waals surface area contributed by atoms with E-state index in [1.54, 1.807) is 0 Å². The molecule has 0 amide bonds. The lowest BCUT2D eigenvalue weighted by atomic mass is 10.1. The number of carbonyl (C=O) groups is 3. The van der Waals surface area contributed by atoms with Crippen molar-refractivity contribution in [3.63, 3.8) is 0 Å². The van der Waals surface area contributed by atoms with Gasteiger partial charge in [-0.2, -0.15) is 0 Å². The summed E-state index contributed by atoms with van der Waals surface area (Å²) >= 11 is 0. The molecule has 0 heterocycles. The predicted octanol–water partition coefficient (Wildman–Crippen LogP) is 10.2. The number of rotatable bonds is 37. The van der Waals surface area contributed by atoms with Gasteiger partial charge < -0.3 is 25.2 Å². The van der Waals surface area contributed by atoms with Crippen molar-refractivity contribution in [1.82, 2.24) is 0 Å². The van der Waals surface area contributed by atoms with Crippen molar-refractivity contribution in [3.05, 3.63) is 48.6 Å². The maximum atomic E-state index is 12.6. The van der Waals surface area contributed by atoms with Crippen LogP contribution in [-0.2, 0) is 37.5 Å². The number of nitrogens with two attached hydrogens (primary N) is 1. The van der Waals surface area contributed by atoms with Crippen LogP contribution in [0.25, 0.3) is 0 Å². The van der Waals surface area contributed by atoms with E-state index in [9.17, 15) is 23.8 Å². The molecule has 0 fully saturated rings. The minimum Gasteiger partial charge on any atom is -0.480 e. The molecule has 1 unspecified atom stereocenters. The van der Waals surface area contributed by atoms with Gasteiger partial charge in [-0.05, 0) is 70.6 Å². The number of phosphoric ester groups is 1. The number of hydrogen-bond donors (Lipinski definition) is 3. The predicted molar refractivity (Wildman–Crippen MR) is 212 cm³/mol. The van der Waals surface area contributed by atoms with Gasteiger partial charge in [0, 0.05) is 12.8 Å². The molecule has 0 radical (unpaired) electrons. The molecule has 0 aromatic carbocycles. The third kappa shape index (κ3) is 36.2. The highest BCUT2D eigenvalue weighted by atomic mass is 31.2. The number of carboxylic acids is 1. The summed E-state index contributed by atoms with van der Waals surface area (Å²) in [4.78, 5) is 45.8. The van der Waals surface area contributed by atoms with Crippen LogP contribution in [0.2, 0.25) is 0 Å². The number of phosphoric acid groups is 1. The van der Waals surface area contributed by atoms with Crippen molar-refractivity contribution in [1.29, 1.82) is 0 Å². The summed E-state index contributed by atoms with van der Waals surface area (Å²) in [7, 11) is -4.72.